The van der Waals surface area contributed by atoms with Crippen LogP contribution in [0.1, 0.15) is 65.7 Å². The van der Waals surface area contributed by atoms with Gasteiger partial charge in [0.15, 0.2) is 0 Å². The van der Waals surface area contributed by atoms with Gasteiger partial charge in [-0.3, -0.25) is 4.79 Å². The highest BCUT2D eigenvalue weighted by atomic mass is 16.3. The van der Waals surface area contributed by atoms with E-state index in [1.54, 1.807) is 0 Å². The number of aliphatic hydroxyl groups excluding tert-OH is 1. The Morgan fingerprint density at radius 3 is 2.55 bits per heavy atom. The largest absolute Gasteiger partial charge is 0.393 e. The Labute approximate surface area is 135 Å². The molecule has 4 saturated carbocycles. The maximum atomic E-state index is 12.1. The van der Waals surface area contributed by atoms with Crippen molar-refractivity contribution < 1.29 is 9.90 Å². The van der Waals surface area contributed by atoms with Crippen molar-refractivity contribution in [1.82, 2.24) is 0 Å². The van der Waals surface area contributed by atoms with Gasteiger partial charge in [0.25, 0.3) is 0 Å². The van der Waals surface area contributed by atoms with Crippen LogP contribution in [0.2, 0.25) is 0 Å². The van der Waals surface area contributed by atoms with E-state index in [-0.39, 0.29) is 6.10 Å². The molecule has 0 aromatic heterocycles. The van der Waals surface area contributed by atoms with Crippen molar-refractivity contribution in [1.29, 1.82) is 0 Å². The predicted octanol–water partition coefficient (Wildman–Crippen LogP) is 4.06. The van der Waals surface area contributed by atoms with E-state index in [9.17, 15) is 9.90 Å². The maximum absolute atomic E-state index is 12.1. The highest BCUT2D eigenvalue weighted by Gasteiger charge is 2.59. The summed E-state index contributed by atoms with van der Waals surface area (Å²) in [7, 11) is 0. The predicted molar refractivity (Wildman–Crippen MR) is 87.2 cm³/mol. The SMILES string of the molecule is C[C@@H]1C[C@H]2[C@@H](CC[C@H]3CC(=O)C[C@H](C)[C@@]32C)[C@@H]2CC[C@H](O)[C@@H]21. The fraction of sp³-hybridized carbons (Fsp3) is 0.950. The van der Waals surface area contributed by atoms with Gasteiger partial charge in [-0.15, -0.1) is 0 Å². The number of aliphatic hydroxyl groups is 1. The molecule has 4 aliphatic rings. The third kappa shape index (κ3) is 1.92. The van der Waals surface area contributed by atoms with E-state index in [4.69, 9.17) is 0 Å². The Kier molecular flexibility index (Phi) is 3.49. The molecule has 1 N–H and O–H groups in total. The van der Waals surface area contributed by atoms with E-state index in [0.29, 0.717) is 34.9 Å². The molecule has 0 spiro atoms. The van der Waals surface area contributed by atoms with E-state index in [1.165, 1.54) is 25.7 Å². The summed E-state index contributed by atoms with van der Waals surface area (Å²) < 4.78 is 0. The quantitative estimate of drug-likeness (QED) is 0.733. The van der Waals surface area contributed by atoms with Crippen molar-refractivity contribution in [3.63, 3.8) is 0 Å². The van der Waals surface area contributed by atoms with Gasteiger partial charge in [-0.05, 0) is 78.9 Å². The van der Waals surface area contributed by atoms with Gasteiger partial charge in [-0.25, -0.2) is 0 Å². The van der Waals surface area contributed by atoms with Gasteiger partial charge in [0.1, 0.15) is 5.78 Å². The number of carbonyl (C=O) groups excluding carboxylic acids is 1. The van der Waals surface area contributed by atoms with Gasteiger partial charge in [-0.1, -0.05) is 20.8 Å². The second kappa shape index (κ2) is 5.06. The topological polar surface area (TPSA) is 37.3 Å². The van der Waals surface area contributed by atoms with Gasteiger partial charge in [-0.2, -0.15) is 0 Å². The van der Waals surface area contributed by atoms with E-state index in [2.05, 4.69) is 20.8 Å². The third-order valence-electron chi connectivity index (χ3n) is 8.68. The fourth-order valence-corrected chi connectivity index (χ4v) is 7.51. The average molecular weight is 304 g/mol. The van der Waals surface area contributed by atoms with Crippen LogP contribution in [0, 0.1) is 46.8 Å². The number of ketones is 1. The molecule has 0 aromatic carbocycles. The Bertz CT molecular complexity index is 472. The maximum Gasteiger partial charge on any atom is 0.133 e. The number of hydrogen-bond acceptors (Lipinski definition) is 2. The molecule has 0 saturated heterocycles. The Hall–Kier alpha value is -0.370. The first-order chi connectivity index (χ1) is 10.4. The van der Waals surface area contributed by atoms with E-state index < -0.39 is 0 Å². The standard InChI is InChI=1S/C20H32O2/c1-11-8-17-15(16-6-7-18(22)19(11)16)5-4-13-10-14(21)9-12(2)20(13,17)3/h11-13,15-19,22H,4-10H2,1-3H3/t11-,12+,13+,15+,16+,17+,18+,19-,20+/m1/s1. The van der Waals surface area contributed by atoms with Crippen LogP contribution in [0.25, 0.3) is 0 Å². The molecule has 22 heavy (non-hydrogen) atoms. The number of hydrogen-bond donors (Lipinski definition) is 1. The molecule has 4 fully saturated rings. The lowest BCUT2D eigenvalue weighted by Crippen LogP contribution is -2.56. The van der Waals surface area contributed by atoms with Crippen molar-refractivity contribution in [3.05, 3.63) is 0 Å². The summed E-state index contributed by atoms with van der Waals surface area (Å²) in [6, 6.07) is 0. The zero-order chi connectivity index (χ0) is 15.6. The molecule has 0 heterocycles. The van der Waals surface area contributed by atoms with Gasteiger partial charge >= 0.3 is 0 Å². The van der Waals surface area contributed by atoms with Gasteiger partial charge < -0.3 is 5.11 Å². The van der Waals surface area contributed by atoms with Crippen LogP contribution in [0.3, 0.4) is 0 Å². The van der Waals surface area contributed by atoms with Crippen LogP contribution in [0.15, 0.2) is 0 Å². The first-order valence-electron chi connectivity index (χ1n) is 9.62. The third-order valence-corrected chi connectivity index (χ3v) is 8.68. The lowest BCUT2D eigenvalue weighted by atomic mass is 9.43. The summed E-state index contributed by atoms with van der Waals surface area (Å²) in [4.78, 5) is 12.1. The van der Waals surface area contributed by atoms with Crippen LogP contribution in [0.4, 0.5) is 0 Å². The smallest absolute Gasteiger partial charge is 0.133 e. The van der Waals surface area contributed by atoms with Gasteiger partial charge in [0, 0.05) is 12.8 Å². The number of carbonyl (C=O) groups is 1. The van der Waals surface area contributed by atoms with Crippen LogP contribution in [-0.4, -0.2) is 17.0 Å². The molecule has 0 aliphatic heterocycles. The molecule has 9 atom stereocenters. The monoisotopic (exact) mass is 304 g/mol. The van der Waals surface area contributed by atoms with Crippen molar-refractivity contribution in [2.24, 2.45) is 46.8 Å². The summed E-state index contributed by atoms with van der Waals surface area (Å²) in [6.45, 7) is 7.24. The van der Waals surface area contributed by atoms with Crippen molar-refractivity contribution in [3.8, 4) is 0 Å². The van der Waals surface area contributed by atoms with Crippen molar-refractivity contribution in [2.45, 2.75) is 71.8 Å². The molecule has 2 heteroatoms. The average Bonchev–Trinajstić information content (AvgIpc) is 2.84. The first-order valence-corrected chi connectivity index (χ1v) is 9.62. The second-order valence-electron chi connectivity index (χ2n) is 9.36. The molecule has 0 radical (unpaired) electrons. The molecule has 4 aliphatic carbocycles. The fourth-order valence-electron chi connectivity index (χ4n) is 7.51. The summed E-state index contributed by atoms with van der Waals surface area (Å²) >= 11 is 0. The minimum absolute atomic E-state index is 0.0446. The van der Waals surface area contributed by atoms with Gasteiger partial charge in [0.05, 0.1) is 6.10 Å². The van der Waals surface area contributed by atoms with Crippen LogP contribution in [0.5, 0.6) is 0 Å². The zero-order valence-electron chi connectivity index (χ0n) is 14.4. The zero-order valence-corrected chi connectivity index (χ0v) is 14.4. The van der Waals surface area contributed by atoms with E-state index >= 15 is 0 Å². The minimum atomic E-state index is -0.0446. The molecule has 0 unspecified atom stereocenters. The molecular formula is C20H32O2. The van der Waals surface area contributed by atoms with E-state index in [1.807, 2.05) is 0 Å². The molecule has 4 rings (SSSR count). The summed E-state index contributed by atoms with van der Waals surface area (Å²) in [5.41, 5.74) is 0.365. The Balaban J connectivity index is 1.68. The number of fused-ring (bicyclic) bond motifs is 5. The number of Topliss-reactive ketones (excluding diaryl/α,β-unsaturated/α-hetero) is 1. The highest BCUT2D eigenvalue weighted by Crippen LogP contribution is 2.65. The lowest BCUT2D eigenvalue weighted by molar-refractivity contribution is -0.151. The van der Waals surface area contributed by atoms with Crippen LogP contribution >= 0.6 is 0 Å². The summed E-state index contributed by atoms with van der Waals surface area (Å²) in [5, 5.41) is 10.4. The molecule has 2 nitrogen and oxygen atoms in total. The first kappa shape index (κ1) is 15.2. The van der Waals surface area contributed by atoms with Gasteiger partial charge in [0.2, 0.25) is 0 Å². The Morgan fingerprint density at radius 2 is 1.77 bits per heavy atom. The molecule has 0 amide bonds. The van der Waals surface area contributed by atoms with E-state index in [0.717, 1.165) is 37.0 Å². The van der Waals surface area contributed by atoms with Crippen molar-refractivity contribution >= 4 is 5.78 Å². The lowest BCUT2D eigenvalue weighted by Gasteiger charge is -2.61. The highest BCUT2D eigenvalue weighted by molar-refractivity contribution is 5.80. The summed E-state index contributed by atoms with van der Waals surface area (Å²) in [6.07, 6.45) is 7.72. The summed E-state index contributed by atoms with van der Waals surface area (Å²) in [5.74, 6) is 5.25. The normalized spacial score (nSPS) is 57.9. The van der Waals surface area contributed by atoms with Crippen LogP contribution in [-0.2, 0) is 4.79 Å². The Morgan fingerprint density at radius 1 is 1.05 bits per heavy atom. The molecule has 0 aromatic rings. The number of rotatable bonds is 0. The minimum Gasteiger partial charge on any atom is -0.393 e. The molecule has 0 bridgehead atoms. The second-order valence-corrected chi connectivity index (χ2v) is 9.36. The molecule has 124 valence electrons. The van der Waals surface area contributed by atoms with Crippen LogP contribution < -0.4 is 0 Å². The molecular weight excluding hydrogens is 272 g/mol. The van der Waals surface area contributed by atoms with Crippen molar-refractivity contribution in [2.75, 3.05) is 0 Å².